The number of nitrogens with one attached hydrogen (secondary N) is 1. The molecule has 12 atom stereocenters. The highest BCUT2D eigenvalue weighted by Gasteiger charge is 2.46. The van der Waals surface area contributed by atoms with Crippen LogP contribution in [0.3, 0.4) is 0 Å². The fraction of sp³-hybridized carbons (Fsp3) is 0.912. The van der Waals surface area contributed by atoms with Crippen LogP contribution in [0.25, 0.3) is 0 Å². The molecule has 392 valence electrons. The lowest BCUT2D eigenvalue weighted by Crippen LogP contribution is -2.61. The number of rotatable bonds is 44. The van der Waals surface area contributed by atoms with E-state index in [4.69, 9.17) is 14.2 Å². The van der Waals surface area contributed by atoms with E-state index < -0.39 is 61.5 Å². The molecule has 10 nitrogen and oxygen atoms in total. The van der Waals surface area contributed by atoms with E-state index >= 15 is 0 Å². The van der Waals surface area contributed by atoms with Crippen LogP contribution in [0.1, 0.15) is 240 Å². The predicted octanol–water partition coefficient (Wildman–Crippen LogP) is 12.0. The predicted molar refractivity (Wildman–Crippen MR) is 274 cm³/mol. The SMILES string of the molecule is CCCCCCCCCC[C@@H]1C[C@@H]1CCCC/C=C\CC[C@@H](O)C(=O)N[C@@H](CO[C@@H]1O[C@H](CO)[C@H](O)C(O)C1OCC=C(C)C)[C@H](O)CCCCCCC[C@H]1C[C@H]1CCCCCCCCCC. The first kappa shape index (κ1) is 59.9. The fourth-order valence-electron chi connectivity index (χ4n) is 10.3. The summed E-state index contributed by atoms with van der Waals surface area (Å²) in [7, 11) is 0. The Morgan fingerprint density at radius 2 is 1.10 bits per heavy atom. The van der Waals surface area contributed by atoms with Crippen molar-refractivity contribution in [3.8, 4) is 0 Å². The van der Waals surface area contributed by atoms with Gasteiger partial charge in [0.15, 0.2) is 6.29 Å². The zero-order valence-corrected chi connectivity index (χ0v) is 43.5. The largest absolute Gasteiger partial charge is 0.394 e. The molecule has 67 heavy (non-hydrogen) atoms. The Bertz CT molecular complexity index is 1280. The number of unbranched alkanes of at least 4 members (excludes halogenated alkanes) is 20. The Labute approximate surface area is 410 Å². The summed E-state index contributed by atoms with van der Waals surface area (Å²) in [5.41, 5.74) is 1.01. The first-order valence-electron chi connectivity index (χ1n) is 28.4. The Hall–Kier alpha value is -1.37. The van der Waals surface area contributed by atoms with Gasteiger partial charge in [0.25, 0.3) is 0 Å². The summed E-state index contributed by atoms with van der Waals surface area (Å²) < 4.78 is 17.9. The van der Waals surface area contributed by atoms with Crippen LogP contribution in [0.2, 0.25) is 0 Å². The molecule has 3 fully saturated rings. The maximum absolute atomic E-state index is 13.4. The maximum Gasteiger partial charge on any atom is 0.249 e. The van der Waals surface area contributed by atoms with Crippen molar-refractivity contribution in [2.45, 2.75) is 289 Å². The Morgan fingerprint density at radius 3 is 1.61 bits per heavy atom. The van der Waals surface area contributed by atoms with Crippen molar-refractivity contribution in [2.24, 2.45) is 23.7 Å². The molecule has 0 aromatic rings. The molecule has 0 aromatic carbocycles. The molecule has 3 rings (SSSR count). The van der Waals surface area contributed by atoms with E-state index in [1.54, 1.807) is 0 Å². The van der Waals surface area contributed by atoms with Crippen molar-refractivity contribution in [3.05, 3.63) is 23.8 Å². The molecule has 10 heteroatoms. The Balaban J connectivity index is 1.37. The molecule has 6 N–H and O–H groups in total. The second kappa shape index (κ2) is 37.4. The molecule has 2 unspecified atom stereocenters. The van der Waals surface area contributed by atoms with E-state index in [9.17, 15) is 30.3 Å². The molecular weight excluding hydrogens is 843 g/mol. The third-order valence-electron chi connectivity index (χ3n) is 15.2. The van der Waals surface area contributed by atoms with Crippen molar-refractivity contribution in [3.63, 3.8) is 0 Å². The minimum Gasteiger partial charge on any atom is -0.394 e. The summed E-state index contributed by atoms with van der Waals surface area (Å²) in [4.78, 5) is 13.4. The molecule has 2 aliphatic carbocycles. The lowest BCUT2D eigenvalue weighted by molar-refractivity contribution is -0.310. The van der Waals surface area contributed by atoms with Gasteiger partial charge in [0.2, 0.25) is 5.91 Å². The molecule has 3 aliphatic rings. The Kier molecular flexibility index (Phi) is 33.5. The normalized spacial score (nSPS) is 26.1. The monoisotopic (exact) mass is 948 g/mol. The van der Waals surface area contributed by atoms with Gasteiger partial charge in [0, 0.05) is 0 Å². The van der Waals surface area contributed by atoms with Gasteiger partial charge in [-0.15, -0.1) is 0 Å². The van der Waals surface area contributed by atoms with Crippen LogP contribution >= 0.6 is 0 Å². The van der Waals surface area contributed by atoms with Gasteiger partial charge < -0.3 is 45.1 Å². The zero-order valence-electron chi connectivity index (χ0n) is 43.5. The number of aliphatic hydroxyl groups excluding tert-OH is 5. The molecule has 1 amide bonds. The van der Waals surface area contributed by atoms with Crippen molar-refractivity contribution in [1.82, 2.24) is 5.32 Å². The summed E-state index contributed by atoms with van der Waals surface area (Å²) in [6, 6.07) is -0.865. The van der Waals surface area contributed by atoms with Crippen molar-refractivity contribution < 1.29 is 44.5 Å². The number of aliphatic hydroxyl groups is 5. The average molecular weight is 948 g/mol. The first-order valence-corrected chi connectivity index (χ1v) is 28.4. The van der Waals surface area contributed by atoms with Crippen molar-refractivity contribution >= 4 is 5.91 Å². The van der Waals surface area contributed by atoms with Crippen molar-refractivity contribution in [2.75, 3.05) is 19.8 Å². The van der Waals surface area contributed by atoms with Crippen LogP contribution in [-0.4, -0.2) is 100 Å². The maximum atomic E-state index is 13.4. The third-order valence-corrected chi connectivity index (χ3v) is 15.2. The molecule has 2 saturated carbocycles. The molecule has 1 aliphatic heterocycles. The van der Waals surface area contributed by atoms with Gasteiger partial charge in [-0.2, -0.15) is 0 Å². The van der Waals surface area contributed by atoms with Crippen LogP contribution in [0.4, 0.5) is 0 Å². The number of hydrogen-bond donors (Lipinski definition) is 6. The number of carbonyl (C=O) groups excluding carboxylic acids is 1. The third kappa shape index (κ3) is 27.2. The summed E-state index contributed by atoms with van der Waals surface area (Å²) in [6.45, 7) is 7.82. The summed E-state index contributed by atoms with van der Waals surface area (Å²) in [5, 5.41) is 56.6. The van der Waals surface area contributed by atoms with E-state index in [-0.39, 0.29) is 19.6 Å². The van der Waals surface area contributed by atoms with Gasteiger partial charge in [-0.3, -0.25) is 4.79 Å². The lowest BCUT2D eigenvalue weighted by Gasteiger charge is -2.42. The minimum absolute atomic E-state index is 0.147. The van der Waals surface area contributed by atoms with E-state index in [1.165, 1.54) is 167 Å². The van der Waals surface area contributed by atoms with E-state index in [0.29, 0.717) is 12.8 Å². The van der Waals surface area contributed by atoms with Crippen LogP contribution in [0.5, 0.6) is 0 Å². The van der Waals surface area contributed by atoms with Gasteiger partial charge in [-0.25, -0.2) is 0 Å². The number of carbonyl (C=O) groups is 1. The van der Waals surface area contributed by atoms with E-state index in [1.807, 2.05) is 19.9 Å². The Morgan fingerprint density at radius 1 is 0.627 bits per heavy atom. The molecule has 0 bridgehead atoms. The lowest BCUT2D eigenvalue weighted by atomic mass is 9.99. The molecule has 0 aromatic heterocycles. The first-order chi connectivity index (χ1) is 32.6. The van der Waals surface area contributed by atoms with Crippen LogP contribution in [-0.2, 0) is 19.0 Å². The van der Waals surface area contributed by atoms with Crippen LogP contribution < -0.4 is 5.32 Å². The average Bonchev–Trinajstić information content (AvgIpc) is 4.25. The number of allylic oxidation sites excluding steroid dienone is 3. The van der Waals surface area contributed by atoms with Gasteiger partial charge in [-0.05, 0) is 82.5 Å². The molecule has 1 heterocycles. The highest BCUT2D eigenvalue weighted by molar-refractivity contribution is 5.80. The number of hydrogen-bond acceptors (Lipinski definition) is 9. The summed E-state index contributed by atoms with van der Waals surface area (Å²) in [6.07, 6.45) is 38.3. The fourth-order valence-corrected chi connectivity index (χ4v) is 10.3. The standard InChI is InChI=1S/C57H105NO9/c1-5-7-9-11-13-15-20-26-32-45-40-47(45)34-28-22-17-18-24-31-37-51(61)56(64)58-49(43-66-57-55(65-39-38-44(3)4)54(63)53(62)52(42-59)67-57)50(60)36-30-25-19-23-29-35-48-41-46(48)33-27-21-16-14-12-10-8-6-2/h18,24,38,45-55,57,59-63H,5-17,19-23,25-37,39-43H2,1-4H3,(H,58,64)/b24-18-/t45-,46-,47+,48+,49+,50-,51-,52-,53+,54?,55?,57-/m1/s1. The highest BCUT2D eigenvalue weighted by Crippen LogP contribution is 2.46. The second-order valence-corrected chi connectivity index (χ2v) is 21.5. The number of amides is 1. The topological polar surface area (TPSA) is 158 Å². The molecular formula is C57H105NO9. The molecule has 1 saturated heterocycles. The van der Waals surface area contributed by atoms with Gasteiger partial charge in [-0.1, -0.05) is 205 Å². The zero-order chi connectivity index (χ0) is 48.5. The number of ether oxygens (including phenoxy) is 3. The van der Waals surface area contributed by atoms with Crippen LogP contribution in [0, 0.1) is 23.7 Å². The highest BCUT2D eigenvalue weighted by atomic mass is 16.7. The summed E-state index contributed by atoms with van der Waals surface area (Å²) in [5.74, 6) is 3.21. The minimum atomic E-state index is -1.39. The van der Waals surface area contributed by atoms with E-state index in [2.05, 4.69) is 31.3 Å². The van der Waals surface area contributed by atoms with Gasteiger partial charge >= 0.3 is 0 Å². The van der Waals surface area contributed by atoms with Crippen molar-refractivity contribution in [1.29, 1.82) is 0 Å². The molecule has 0 radical (unpaired) electrons. The van der Waals surface area contributed by atoms with E-state index in [0.717, 1.165) is 54.9 Å². The summed E-state index contributed by atoms with van der Waals surface area (Å²) >= 11 is 0. The molecule has 0 spiro atoms. The van der Waals surface area contributed by atoms with Gasteiger partial charge in [0.1, 0.15) is 30.5 Å². The van der Waals surface area contributed by atoms with Crippen LogP contribution in [0.15, 0.2) is 23.8 Å². The smallest absolute Gasteiger partial charge is 0.249 e. The quantitative estimate of drug-likeness (QED) is 0.0258. The van der Waals surface area contributed by atoms with Gasteiger partial charge in [0.05, 0.1) is 32.0 Å². The second-order valence-electron chi connectivity index (χ2n) is 21.5.